The van der Waals surface area contributed by atoms with Crippen molar-refractivity contribution in [2.75, 3.05) is 25.6 Å². The Bertz CT molecular complexity index is 901. The van der Waals surface area contributed by atoms with E-state index in [4.69, 9.17) is 9.47 Å². The highest BCUT2D eigenvalue weighted by molar-refractivity contribution is 8.00. The van der Waals surface area contributed by atoms with E-state index in [-0.39, 0.29) is 12.7 Å². The molecule has 134 valence electrons. The molecule has 1 aromatic carbocycles. The van der Waals surface area contributed by atoms with Gasteiger partial charge in [-0.1, -0.05) is 18.7 Å². The number of nitrogens with zero attached hydrogens (tertiary/aromatic N) is 3. The minimum atomic E-state index is 0.110. The van der Waals surface area contributed by atoms with Gasteiger partial charge in [0, 0.05) is 24.5 Å². The summed E-state index contributed by atoms with van der Waals surface area (Å²) in [6.45, 7) is 4.06. The number of aromatic nitrogens is 1. The van der Waals surface area contributed by atoms with Crippen LogP contribution in [0, 0.1) is 17.2 Å². The maximum absolute atomic E-state index is 12.5. The number of nitriles is 1. The van der Waals surface area contributed by atoms with Crippen LogP contribution in [0.4, 0.5) is 0 Å². The van der Waals surface area contributed by atoms with E-state index in [2.05, 4.69) is 18.0 Å². The van der Waals surface area contributed by atoms with E-state index in [0.717, 1.165) is 36.8 Å². The van der Waals surface area contributed by atoms with Crippen molar-refractivity contribution in [1.82, 2.24) is 9.88 Å². The number of likely N-dealkylation sites (tertiary alicyclic amines) is 1. The number of amides is 1. The third-order valence-electron chi connectivity index (χ3n) is 4.86. The van der Waals surface area contributed by atoms with Gasteiger partial charge in [0.05, 0.1) is 16.8 Å². The van der Waals surface area contributed by atoms with Crippen LogP contribution in [0.15, 0.2) is 23.2 Å². The van der Waals surface area contributed by atoms with Crippen LogP contribution in [-0.2, 0) is 4.79 Å². The van der Waals surface area contributed by atoms with Crippen molar-refractivity contribution in [2.45, 2.75) is 24.8 Å². The molecule has 2 aliphatic rings. The van der Waals surface area contributed by atoms with Gasteiger partial charge in [0.15, 0.2) is 11.5 Å². The Kier molecular flexibility index (Phi) is 4.60. The SMILES string of the molecule is CC1CCN(C(=O)CSc2nc3cc4c(cc3cc2C#N)OCO4)CC1. The quantitative estimate of drug-likeness (QED) is 0.774. The Hall–Kier alpha value is -2.46. The third kappa shape index (κ3) is 3.29. The average molecular weight is 369 g/mol. The van der Waals surface area contributed by atoms with E-state index in [1.807, 2.05) is 17.0 Å². The van der Waals surface area contributed by atoms with Gasteiger partial charge in [0.25, 0.3) is 0 Å². The minimum Gasteiger partial charge on any atom is -0.454 e. The number of benzene rings is 1. The van der Waals surface area contributed by atoms with Crippen LogP contribution in [0.3, 0.4) is 0 Å². The molecule has 1 fully saturated rings. The Labute approximate surface area is 156 Å². The van der Waals surface area contributed by atoms with Crippen LogP contribution in [0.25, 0.3) is 10.9 Å². The Morgan fingerprint density at radius 1 is 1.31 bits per heavy atom. The van der Waals surface area contributed by atoms with E-state index in [1.165, 1.54) is 11.8 Å². The maximum atomic E-state index is 12.5. The Morgan fingerprint density at radius 3 is 2.77 bits per heavy atom. The van der Waals surface area contributed by atoms with Gasteiger partial charge in [-0.3, -0.25) is 4.79 Å². The topological polar surface area (TPSA) is 75.5 Å². The lowest BCUT2D eigenvalue weighted by molar-refractivity contribution is -0.129. The molecular weight excluding hydrogens is 350 g/mol. The molecule has 0 radical (unpaired) electrons. The number of pyridine rings is 1. The van der Waals surface area contributed by atoms with Crippen molar-refractivity contribution in [3.63, 3.8) is 0 Å². The predicted octanol–water partition coefficient (Wildman–Crippen LogP) is 3.19. The van der Waals surface area contributed by atoms with Crippen LogP contribution in [0.2, 0.25) is 0 Å². The average Bonchev–Trinajstić information content (AvgIpc) is 3.11. The second kappa shape index (κ2) is 7.04. The van der Waals surface area contributed by atoms with Crippen molar-refractivity contribution in [2.24, 2.45) is 5.92 Å². The third-order valence-corrected chi connectivity index (χ3v) is 5.84. The van der Waals surface area contributed by atoms with E-state index in [9.17, 15) is 10.1 Å². The summed E-state index contributed by atoms with van der Waals surface area (Å²) >= 11 is 1.33. The van der Waals surface area contributed by atoms with Gasteiger partial charge in [0.1, 0.15) is 11.1 Å². The molecule has 1 aromatic heterocycles. The van der Waals surface area contributed by atoms with Gasteiger partial charge in [-0.2, -0.15) is 5.26 Å². The molecule has 26 heavy (non-hydrogen) atoms. The summed E-state index contributed by atoms with van der Waals surface area (Å²) in [5, 5.41) is 10.9. The second-order valence-corrected chi connectivity index (χ2v) is 7.67. The van der Waals surface area contributed by atoms with E-state index >= 15 is 0 Å². The molecule has 6 nitrogen and oxygen atoms in total. The fourth-order valence-electron chi connectivity index (χ4n) is 3.22. The van der Waals surface area contributed by atoms with Crippen LogP contribution >= 0.6 is 11.8 Å². The number of piperidine rings is 1. The van der Waals surface area contributed by atoms with Gasteiger partial charge in [0.2, 0.25) is 12.7 Å². The van der Waals surface area contributed by atoms with Gasteiger partial charge in [-0.25, -0.2) is 4.98 Å². The standard InChI is InChI=1S/C19H19N3O3S/c1-12-2-4-22(5-3-12)18(23)10-26-19-14(9-20)6-13-7-16-17(25-11-24-16)8-15(13)21-19/h6-8,12H,2-5,10-11H2,1H3. The molecule has 0 spiro atoms. The van der Waals surface area contributed by atoms with Gasteiger partial charge in [-0.05, 0) is 30.9 Å². The van der Waals surface area contributed by atoms with Crippen molar-refractivity contribution >= 4 is 28.6 Å². The number of hydrogen-bond donors (Lipinski definition) is 0. The number of carbonyl (C=O) groups is 1. The lowest BCUT2D eigenvalue weighted by Gasteiger charge is -2.30. The zero-order valence-electron chi connectivity index (χ0n) is 14.5. The zero-order valence-corrected chi connectivity index (χ0v) is 15.3. The van der Waals surface area contributed by atoms with Gasteiger partial charge >= 0.3 is 0 Å². The molecule has 2 aromatic rings. The summed E-state index contributed by atoms with van der Waals surface area (Å²) in [5.41, 5.74) is 1.21. The summed E-state index contributed by atoms with van der Waals surface area (Å²) in [5.74, 6) is 2.42. The van der Waals surface area contributed by atoms with Crippen LogP contribution in [0.5, 0.6) is 11.5 Å². The van der Waals surface area contributed by atoms with Crippen LogP contribution < -0.4 is 9.47 Å². The molecule has 1 saturated heterocycles. The normalized spacial score (nSPS) is 16.7. The zero-order chi connectivity index (χ0) is 18.1. The molecular formula is C19H19N3O3S. The summed E-state index contributed by atoms with van der Waals surface area (Å²) in [7, 11) is 0. The number of rotatable bonds is 3. The lowest BCUT2D eigenvalue weighted by atomic mass is 9.99. The second-order valence-electron chi connectivity index (χ2n) is 6.70. The fourth-order valence-corrected chi connectivity index (χ4v) is 4.08. The van der Waals surface area contributed by atoms with Crippen molar-refractivity contribution in [1.29, 1.82) is 5.26 Å². The molecule has 0 bridgehead atoms. The highest BCUT2D eigenvalue weighted by Gasteiger charge is 2.21. The number of hydrogen-bond acceptors (Lipinski definition) is 6. The predicted molar refractivity (Wildman–Crippen MR) is 98.3 cm³/mol. The molecule has 0 saturated carbocycles. The highest BCUT2D eigenvalue weighted by atomic mass is 32.2. The van der Waals surface area contributed by atoms with E-state index < -0.39 is 0 Å². The monoisotopic (exact) mass is 369 g/mol. The first kappa shape index (κ1) is 17.0. The van der Waals surface area contributed by atoms with Crippen molar-refractivity contribution in [3.8, 4) is 17.6 Å². The smallest absolute Gasteiger partial charge is 0.232 e. The molecule has 2 aliphatic heterocycles. The van der Waals surface area contributed by atoms with Gasteiger partial charge < -0.3 is 14.4 Å². The molecule has 3 heterocycles. The summed E-state index contributed by atoms with van der Waals surface area (Å²) in [6, 6.07) is 7.63. The molecule has 0 N–H and O–H groups in total. The summed E-state index contributed by atoms with van der Waals surface area (Å²) < 4.78 is 10.8. The molecule has 7 heteroatoms. The first-order chi connectivity index (χ1) is 12.6. The van der Waals surface area contributed by atoms with E-state index in [1.54, 1.807) is 6.07 Å². The summed E-state index contributed by atoms with van der Waals surface area (Å²) in [6.07, 6.45) is 2.11. The highest BCUT2D eigenvalue weighted by Crippen LogP contribution is 2.37. The largest absolute Gasteiger partial charge is 0.454 e. The van der Waals surface area contributed by atoms with Gasteiger partial charge in [-0.15, -0.1) is 0 Å². The molecule has 0 atom stereocenters. The number of carbonyl (C=O) groups excluding carboxylic acids is 1. The first-order valence-corrected chi connectivity index (χ1v) is 9.67. The Morgan fingerprint density at radius 2 is 2.04 bits per heavy atom. The number of thioether (sulfide) groups is 1. The number of fused-ring (bicyclic) bond motifs is 2. The minimum absolute atomic E-state index is 0.110. The summed E-state index contributed by atoms with van der Waals surface area (Å²) in [4.78, 5) is 19.0. The number of ether oxygens (including phenoxy) is 2. The molecule has 4 rings (SSSR count). The van der Waals surface area contributed by atoms with Crippen molar-refractivity contribution < 1.29 is 14.3 Å². The lowest BCUT2D eigenvalue weighted by Crippen LogP contribution is -2.38. The molecule has 1 amide bonds. The Balaban J connectivity index is 1.53. The fraction of sp³-hybridized carbons (Fsp3) is 0.421. The maximum Gasteiger partial charge on any atom is 0.232 e. The molecule has 0 unspecified atom stereocenters. The van der Waals surface area contributed by atoms with Crippen molar-refractivity contribution in [3.05, 3.63) is 23.8 Å². The van der Waals surface area contributed by atoms with Crippen LogP contribution in [-0.4, -0.2) is 41.4 Å². The first-order valence-electron chi connectivity index (χ1n) is 8.69. The molecule has 0 aliphatic carbocycles. The van der Waals surface area contributed by atoms with E-state index in [0.29, 0.717) is 33.8 Å². The van der Waals surface area contributed by atoms with Crippen LogP contribution in [0.1, 0.15) is 25.3 Å².